The fraction of sp³-hybridized carbons (Fsp3) is 0.385. The molecule has 10 nitrogen and oxygen atoms in total. The highest BCUT2D eigenvalue weighted by Gasteiger charge is 2.36. The number of carbonyl (C=O) groups is 3. The summed E-state index contributed by atoms with van der Waals surface area (Å²) in [4.78, 5) is 41.1. The summed E-state index contributed by atoms with van der Waals surface area (Å²) in [6.07, 6.45) is 2.16. The Balaban J connectivity index is 1.61. The molecule has 1 aromatic heterocycles. The van der Waals surface area contributed by atoms with Gasteiger partial charge in [-0.05, 0) is 67.1 Å². The molecular formula is C26H30N4O6S2. The minimum absolute atomic E-state index is 0.136. The van der Waals surface area contributed by atoms with E-state index in [2.05, 4.69) is 20.9 Å². The topological polar surface area (TPSA) is 155 Å². The van der Waals surface area contributed by atoms with Gasteiger partial charge >= 0.3 is 0 Å². The Morgan fingerprint density at radius 3 is 2.55 bits per heavy atom. The molecular weight excluding hydrogens is 528 g/mol. The Hall–Kier alpha value is -3.35. The van der Waals surface area contributed by atoms with Crippen LogP contribution in [0.25, 0.3) is 21.3 Å². The molecule has 1 fully saturated rings. The second kappa shape index (κ2) is 11.6. The van der Waals surface area contributed by atoms with Crippen molar-refractivity contribution in [1.82, 2.24) is 15.6 Å². The maximum absolute atomic E-state index is 13.1. The lowest BCUT2D eigenvalue weighted by atomic mass is 10.00. The Bertz CT molecular complexity index is 1480. The Morgan fingerprint density at radius 1 is 1.13 bits per heavy atom. The van der Waals surface area contributed by atoms with Gasteiger partial charge in [0.05, 0.1) is 22.5 Å². The van der Waals surface area contributed by atoms with Crippen LogP contribution in [0.1, 0.15) is 42.0 Å². The van der Waals surface area contributed by atoms with Crippen molar-refractivity contribution in [2.24, 2.45) is 0 Å². The molecule has 1 aliphatic carbocycles. The summed E-state index contributed by atoms with van der Waals surface area (Å²) >= 11 is 1.13. The first-order valence-electron chi connectivity index (χ1n) is 12.3. The summed E-state index contributed by atoms with van der Waals surface area (Å²) in [7, 11) is -3.87. The van der Waals surface area contributed by atoms with Crippen LogP contribution in [0.5, 0.6) is 0 Å². The number of aromatic nitrogens is 1. The summed E-state index contributed by atoms with van der Waals surface area (Å²) in [6, 6.07) is 11.0. The first kappa shape index (κ1) is 27.7. The van der Waals surface area contributed by atoms with Crippen molar-refractivity contribution >= 4 is 54.8 Å². The molecule has 1 unspecified atom stereocenters. The molecule has 0 bridgehead atoms. The third kappa shape index (κ3) is 6.55. The van der Waals surface area contributed by atoms with Gasteiger partial charge in [-0.3, -0.25) is 14.4 Å². The number of aryl methyl sites for hydroxylation is 1. The number of hydrogen-bond donors (Lipinski definition) is 4. The van der Waals surface area contributed by atoms with Gasteiger partial charge in [0.15, 0.2) is 15.1 Å². The predicted octanol–water partition coefficient (Wildman–Crippen LogP) is 2.46. The van der Waals surface area contributed by atoms with Gasteiger partial charge in [-0.1, -0.05) is 19.1 Å². The number of benzene rings is 2. The normalized spacial score (nSPS) is 14.2. The van der Waals surface area contributed by atoms with E-state index in [9.17, 15) is 22.8 Å². The smallest absolute Gasteiger partial charge is 0.250 e. The molecule has 38 heavy (non-hydrogen) atoms. The summed E-state index contributed by atoms with van der Waals surface area (Å²) in [5, 5.41) is 15.4. The van der Waals surface area contributed by atoms with Gasteiger partial charge in [0.2, 0.25) is 17.7 Å². The van der Waals surface area contributed by atoms with Crippen LogP contribution in [-0.2, 0) is 24.2 Å². The zero-order chi connectivity index (χ0) is 27.4. The van der Waals surface area contributed by atoms with E-state index in [1.165, 1.54) is 0 Å². The minimum Gasteiger partial charge on any atom is -0.387 e. The number of amides is 3. The van der Waals surface area contributed by atoms with Crippen molar-refractivity contribution in [3.8, 4) is 11.1 Å². The zero-order valence-corrected chi connectivity index (χ0v) is 22.7. The summed E-state index contributed by atoms with van der Waals surface area (Å²) in [5.74, 6) is -1.80. The van der Waals surface area contributed by atoms with Gasteiger partial charge in [-0.25, -0.2) is 13.4 Å². The van der Waals surface area contributed by atoms with Gasteiger partial charge in [0.25, 0.3) is 0 Å². The lowest BCUT2D eigenvalue weighted by molar-refractivity contribution is -0.126. The third-order valence-electron chi connectivity index (χ3n) is 6.05. The molecule has 2 aromatic carbocycles. The number of carbonyl (C=O) groups excluding carboxylic acids is 3. The summed E-state index contributed by atoms with van der Waals surface area (Å²) in [6.45, 7) is 2.72. The molecule has 3 aromatic rings. The number of anilines is 1. The molecule has 0 saturated heterocycles. The fourth-order valence-corrected chi connectivity index (χ4v) is 7.23. The predicted molar refractivity (Wildman–Crippen MR) is 147 cm³/mol. The first-order valence-corrected chi connectivity index (χ1v) is 14.9. The van der Waals surface area contributed by atoms with Crippen molar-refractivity contribution in [1.29, 1.82) is 0 Å². The standard InChI is InChI=1S/C26H30N4O6S2/c1-3-10-38(35,36)24(25(34)27-13-22(32)28-17-5-6-17)26-30-20-9-4-16(12-21(20)37-26)19-8-7-18(11-15(19)2)29-23(33)14-31/h4,7-9,11-12,17,24,31H,3,5-6,10,13-14H2,1-2H3,(H,27,34)(H,28,32)(H,29,33). The van der Waals surface area contributed by atoms with E-state index in [4.69, 9.17) is 5.11 Å². The molecule has 3 amide bonds. The number of nitrogens with one attached hydrogen (secondary N) is 3. The Kier molecular flexibility index (Phi) is 8.44. The molecule has 1 aliphatic rings. The average molecular weight is 559 g/mol. The van der Waals surface area contributed by atoms with Crippen LogP contribution in [-0.4, -0.2) is 61.2 Å². The third-order valence-corrected chi connectivity index (χ3v) is 9.41. The molecule has 0 spiro atoms. The van der Waals surface area contributed by atoms with Crippen LogP contribution in [0.4, 0.5) is 5.69 Å². The minimum atomic E-state index is -3.87. The van der Waals surface area contributed by atoms with E-state index in [0.29, 0.717) is 22.3 Å². The molecule has 0 radical (unpaired) electrons. The van der Waals surface area contributed by atoms with E-state index in [-0.39, 0.29) is 29.3 Å². The molecule has 4 rings (SSSR count). The average Bonchev–Trinajstić information content (AvgIpc) is 3.58. The van der Waals surface area contributed by atoms with Gasteiger partial charge in [0, 0.05) is 11.7 Å². The van der Waals surface area contributed by atoms with Gasteiger partial charge in [-0.15, -0.1) is 11.3 Å². The SMILES string of the molecule is CCCS(=O)(=O)C(C(=O)NCC(=O)NC1CC1)c1nc2ccc(-c3ccc(NC(=O)CO)cc3C)cc2s1. The first-order chi connectivity index (χ1) is 18.1. The van der Waals surface area contributed by atoms with Gasteiger partial charge in [-0.2, -0.15) is 0 Å². The lowest BCUT2D eigenvalue weighted by Crippen LogP contribution is -2.41. The molecule has 0 aliphatic heterocycles. The molecule has 1 heterocycles. The van der Waals surface area contributed by atoms with Crippen LogP contribution in [0.3, 0.4) is 0 Å². The van der Waals surface area contributed by atoms with Crippen molar-refractivity contribution in [3.63, 3.8) is 0 Å². The van der Waals surface area contributed by atoms with Crippen LogP contribution in [0.2, 0.25) is 0 Å². The zero-order valence-electron chi connectivity index (χ0n) is 21.1. The van der Waals surface area contributed by atoms with Crippen LogP contribution < -0.4 is 16.0 Å². The number of rotatable bonds is 11. The van der Waals surface area contributed by atoms with Crippen LogP contribution in [0.15, 0.2) is 36.4 Å². The monoisotopic (exact) mass is 558 g/mol. The quantitative estimate of drug-likeness (QED) is 0.282. The number of thiazole rings is 1. The highest BCUT2D eigenvalue weighted by atomic mass is 32.2. The molecule has 12 heteroatoms. The van der Waals surface area contributed by atoms with E-state index in [1.54, 1.807) is 25.1 Å². The fourth-order valence-electron chi connectivity index (χ4n) is 4.09. The van der Waals surface area contributed by atoms with Crippen molar-refractivity contribution in [3.05, 3.63) is 47.0 Å². The lowest BCUT2D eigenvalue weighted by Gasteiger charge is -2.15. The van der Waals surface area contributed by atoms with E-state index in [0.717, 1.165) is 40.9 Å². The van der Waals surface area contributed by atoms with E-state index >= 15 is 0 Å². The second-order valence-electron chi connectivity index (χ2n) is 9.28. The largest absolute Gasteiger partial charge is 0.387 e. The second-order valence-corrected chi connectivity index (χ2v) is 12.5. The van der Waals surface area contributed by atoms with Crippen molar-refractivity contribution < 1.29 is 27.9 Å². The van der Waals surface area contributed by atoms with Gasteiger partial charge in [0.1, 0.15) is 11.6 Å². The number of sulfone groups is 1. The number of nitrogens with zero attached hydrogens (tertiary/aromatic N) is 1. The van der Waals surface area contributed by atoms with Crippen LogP contribution in [0, 0.1) is 6.92 Å². The number of fused-ring (bicyclic) bond motifs is 1. The number of aliphatic hydroxyl groups is 1. The molecule has 4 N–H and O–H groups in total. The Labute approximate surface area is 224 Å². The number of hydrogen-bond acceptors (Lipinski definition) is 8. The Morgan fingerprint density at radius 2 is 1.89 bits per heavy atom. The highest BCUT2D eigenvalue weighted by Crippen LogP contribution is 2.35. The van der Waals surface area contributed by atoms with E-state index < -0.39 is 33.5 Å². The summed E-state index contributed by atoms with van der Waals surface area (Å²) < 4.78 is 26.9. The maximum atomic E-state index is 13.1. The molecule has 1 saturated carbocycles. The number of aliphatic hydroxyl groups excluding tert-OH is 1. The maximum Gasteiger partial charge on any atom is 0.250 e. The molecule has 1 atom stereocenters. The summed E-state index contributed by atoms with van der Waals surface area (Å²) in [5.41, 5.74) is 3.77. The molecule has 202 valence electrons. The van der Waals surface area contributed by atoms with Crippen molar-refractivity contribution in [2.45, 2.75) is 44.4 Å². The highest BCUT2D eigenvalue weighted by molar-refractivity contribution is 7.92. The van der Waals surface area contributed by atoms with E-state index in [1.807, 2.05) is 25.1 Å². The van der Waals surface area contributed by atoms with Crippen LogP contribution >= 0.6 is 11.3 Å². The van der Waals surface area contributed by atoms with Crippen molar-refractivity contribution in [2.75, 3.05) is 24.2 Å². The van der Waals surface area contributed by atoms with Gasteiger partial charge < -0.3 is 21.1 Å².